The van der Waals surface area contributed by atoms with Crippen molar-refractivity contribution >= 4 is 11.5 Å². The molecule has 0 fully saturated rings. The number of nitrogens with two attached hydrogens (primary N) is 1. The summed E-state index contributed by atoms with van der Waals surface area (Å²) in [5.74, 6) is 3.63. The number of fused-ring (bicyclic) bond motifs is 2. The second-order valence-electron chi connectivity index (χ2n) is 5.20. The molecule has 0 atom stereocenters. The zero-order valence-corrected chi connectivity index (χ0v) is 12.9. The topological polar surface area (TPSA) is 101 Å². The summed E-state index contributed by atoms with van der Waals surface area (Å²) in [6.45, 7) is 0.179. The van der Waals surface area contributed by atoms with Crippen LogP contribution in [0.25, 0.3) is 22.8 Å². The van der Waals surface area contributed by atoms with E-state index in [9.17, 15) is 4.79 Å². The lowest BCUT2D eigenvalue weighted by atomic mass is 10.1. The van der Waals surface area contributed by atoms with Gasteiger partial charge < -0.3 is 19.9 Å². The van der Waals surface area contributed by atoms with Crippen LogP contribution in [0.3, 0.4) is 0 Å². The summed E-state index contributed by atoms with van der Waals surface area (Å²) in [4.78, 5) is 16.8. The van der Waals surface area contributed by atoms with Crippen molar-refractivity contribution in [2.24, 2.45) is 5.73 Å². The minimum atomic E-state index is -0.339. The second-order valence-corrected chi connectivity index (χ2v) is 5.20. The summed E-state index contributed by atoms with van der Waals surface area (Å²) < 4.78 is 17.0. The molecular weight excluding hydrogens is 324 g/mol. The zero-order chi connectivity index (χ0) is 17.4. The van der Waals surface area contributed by atoms with Crippen LogP contribution in [-0.4, -0.2) is 28.0 Å². The van der Waals surface area contributed by atoms with E-state index < -0.39 is 0 Å². The molecular formula is C17H12N4O4. The molecule has 8 heteroatoms. The molecule has 0 aliphatic carbocycles. The van der Waals surface area contributed by atoms with Crippen LogP contribution in [-0.2, 0) is 4.74 Å². The number of nitrogens with zero attached hydrogens (tertiary/aromatic N) is 3. The lowest BCUT2D eigenvalue weighted by Gasteiger charge is -2.03. The van der Waals surface area contributed by atoms with E-state index >= 15 is 0 Å². The number of ether oxygens (including phenoxy) is 3. The molecule has 1 aliphatic heterocycles. The number of terminal acetylenes is 1. The van der Waals surface area contributed by atoms with Gasteiger partial charge in [-0.05, 0) is 18.2 Å². The molecule has 0 saturated carbocycles. The highest BCUT2D eigenvalue weighted by atomic mass is 16.7. The molecule has 4 rings (SSSR count). The van der Waals surface area contributed by atoms with Gasteiger partial charge in [0.1, 0.15) is 6.61 Å². The molecule has 3 aromatic rings. The van der Waals surface area contributed by atoms with Gasteiger partial charge in [-0.15, -0.1) is 6.42 Å². The fraction of sp³-hybridized carbons (Fsp3) is 0.118. The van der Waals surface area contributed by atoms with Crippen LogP contribution in [0.1, 0.15) is 0 Å². The summed E-state index contributed by atoms with van der Waals surface area (Å²) >= 11 is 0. The van der Waals surface area contributed by atoms with Gasteiger partial charge in [0.25, 0.3) is 5.56 Å². The number of hydrogen-bond donors (Lipinski definition) is 1. The molecule has 25 heavy (non-hydrogen) atoms. The number of rotatable bonds is 3. The van der Waals surface area contributed by atoms with Crippen LogP contribution in [0.2, 0.25) is 0 Å². The predicted molar refractivity (Wildman–Crippen MR) is 88.4 cm³/mol. The lowest BCUT2D eigenvalue weighted by molar-refractivity contribution is 0.174. The molecule has 0 radical (unpaired) electrons. The van der Waals surface area contributed by atoms with E-state index in [0.29, 0.717) is 28.0 Å². The molecule has 1 aromatic carbocycles. The maximum atomic E-state index is 12.3. The van der Waals surface area contributed by atoms with Crippen LogP contribution in [0.5, 0.6) is 11.5 Å². The Hall–Kier alpha value is -3.73. The van der Waals surface area contributed by atoms with E-state index in [2.05, 4.69) is 16.0 Å². The van der Waals surface area contributed by atoms with Gasteiger partial charge >= 0.3 is 0 Å². The smallest absolute Gasteiger partial charge is 0.275 e. The molecule has 124 valence electrons. The Bertz CT molecular complexity index is 1130. The largest absolute Gasteiger partial charge is 0.466 e. The third-order valence-electron chi connectivity index (χ3n) is 3.68. The molecule has 2 aromatic heterocycles. The number of aromatic nitrogens is 3. The summed E-state index contributed by atoms with van der Waals surface area (Å²) in [6, 6.07) is 6.71. The first-order valence-electron chi connectivity index (χ1n) is 7.32. The standard InChI is InChI=1S/C17H12N4O4/c1-2-5-23-16(18)11-8-19-21-15(22)7-12(20-17(11)21)10-3-4-13-14(6-10)25-9-24-13/h1,3-4,6-8H,5,9,18H2. The summed E-state index contributed by atoms with van der Waals surface area (Å²) in [5.41, 5.74) is 6.99. The Morgan fingerprint density at radius 2 is 2.20 bits per heavy atom. The van der Waals surface area contributed by atoms with Gasteiger partial charge in [0.2, 0.25) is 6.79 Å². The molecule has 2 N–H and O–H groups in total. The Morgan fingerprint density at radius 3 is 3.04 bits per heavy atom. The molecule has 8 nitrogen and oxygen atoms in total. The van der Waals surface area contributed by atoms with E-state index in [-0.39, 0.29) is 30.5 Å². The normalized spacial score (nSPS) is 13.6. The third kappa shape index (κ3) is 2.48. The van der Waals surface area contributed by atoms with Crippen LogP contribution in [0, 0.1) is 12.3 Å². The SMILES string of the molecule is C#CCOC(N)=c1cnn2c(=O)cc(-c3ccc4c(c3)OCO4)nc12. The maximum Gasteiger partial charge on any atom is 0.275 e. The van der Waals surface area contributed by atoms with Crippen molar-refractivity contribution in [2.45, 2.75) is 0 Å². The van der Waals surface area contributed by atoms with Gasteiger partial charge in [-0.25, -0.2) is 4.98 Å². The number of hydrogen-bond acceptors (Lipinski definition) is 7. The Kier molecular flexibility index (Phi) is 3.40. The first-order valence-corrected chi connectivity index (χ1v) is 7.32. The molecule has 0 amide bonds. The fourth-order valence-electron chi connectivity index (χ4n) is 2.51. The summed E-state index contributed by atoms with van der Waals surface area (Å²) in [6.07, 6.45) is 6.57. The minimum Gasteiger partial charge on any atom is -0.466 e. The molecule has 0 spiro atoms. The average Bonchev–Trinajstić information content (AvgIpc) is 3.25. The van der Waals surface area contributed by atoms with Crippen LogP contribution in [0.15, 0.2) is 35.3 Å². The van der Waals surface area contributed by atoms with E-state index in [1.165, 1.54) is 12.3 Å². The van der Waals surface area contributed by atoms with Crippen molar-refractivity contribution in [1.29, 1.82) is 0 Å². The van der Waals surface area contributed by atoms with Crippen molar-refractivity contribution in [3.8, 4) is 35.1 Å². The molecule has 0 unspecified atom stereocenters. The third-order valence-corrected chi connectivity index (χ3v) is 3.68. The van der Waals surface area contributed by atoms with Crippen molar-refractivity contribution in [2.75, 3.05) is 13.4 Å². The quantitative estimate of drug-likeness (QED) is 0.665. The van der Waals surface area contributed by atoms with Gasteiger partial charge in [0.15, 0.2) is 23.0 Å². The first kappa shape index (κ1) is 14.8. The molecule has 0 bridgehead atoms. The Labute approximate surface area is 141 Å². The summed E-state index contributed by atoms with van der Waals surface area (Å²) in [7, 11) is 0. The number of benzene rings is 1. The Morgan fingerprint density at radius 1 is 1.36 bits per heavy atom. The van der Waals surface area contributed by atoms with Crippen LogP contribution >= 0.6 is 0 Å². The zero-order valence-electron chi connectivity index (χ0n) is 12.9. The Balaban J connectivity index is 1.89. The van der Waals surface area contributed by atoms with Gasteiger partial charge in [-0.2, -0.15) is 9.61 Å². The fourth-order valence-corrected chi connectivity index (χ4v) is 2.51. The maximum absolute atomic E-state index is 12.3. The second kappa shape index (κ2) is 5.72. The molecule has 3 heterocycles. The van der Waals surface area contributed by atoms with Gasteiger partial charge in [-0.1, -0.05) is 5.92 Å². The summed E-state index contributed by atoms with van der Waals surface area (Å²) in [5, 5.41) is 4.40. The average molecular weight is 336 g/mol. The van der Waals surface area contributed by atoms with Crippen molar-refractivity contribution in [1.82, 2.24) is 14.6 Å². The van der Waals surface area contributed by atoms with Gasteiger partial charge in [0.05, 0.1) is 17.1 Å². The van der Waals surface area contributed by atoms with Crippen molar-refractivity contribution in [3.05, 3.63) is 46.0 Å². The van der Waals surface area contributed by atoms with Crippen molar-refractivity contribution in [3.63, 3.8) is 0 Å². The highest BCUT2D eigenvalue weighted by Gasteiger charge is 2.16. The minimum absolute atomic E-state index is 0.00918. The van der Waals surface area contributed by atoms with E-state index in [0.717, 1.165) is 4.52 Å². The van der Waals surface area contributed by atoms with Gasteiger partial charge in [-0.3, -0.25) is 4.79 Å². The van der Waals surface area contributed by atoms with Crippen LogP contribution < -0.4 is 26.0 Å². The van der Waals surface area contributed by atoms with E-state index in [4.69, 9.17) is 26.4 Å². The highest BCUT2D eigenvalue weighted by Crippen LogP contribution is 2.35. The lowest BCUT2D eigenvalue weighted by Crippen LogP contribution is -2.20. The monoisotopic (exact) mass is 336 g/mol. The van der Waals surface area contributed by atoms with E-state index in [1.807, 2.05) is 0 Å². The highest BCUT2D eigenvalue weighted by molar-refractivity contribution is 5.66. The molecule has 1 aliphatic rings. The van der Waals surface area contributed by atoms with Crippen molar-refractivity contribution < 1.29 is 14.2 Å². The van der Waals surface area contributed by atoms with E-state index in [1.54, 1.807) is 18.2 Å². The molecule has 0 saturated heterocycles. The first-order chi connectivity index (χ1) is 12.2. The predicted octanol–water partition coefficient (Wildman–Crippen LogP) is -0.122. The van der Waals surface area contributed by atoms with Crippen LogP contribution in [0.4, 0.5) is 0 Å². The van der Waals surface area contributed by atoms with Gasteiger partial charge in [0, 0.05) is 11.6 Å².